The van der Waals surface area contributed by atoms with Gasteiger partial charge in [0.25, 0.3) is 0 Å². The van der Waals surface area contributed by atoms with Gasteiger partial charge in [-0.25, -0.2) is 0 Å². The molecular formula is C12H24S. The smallest absolute Gasteiger partial charge is 0.00328 e. The van der Waals surface area contributed by atoms with Crippen LogP contribution >= 0.6 is 11.8 Å². The average molecular weight is 200 g/mol. The summed E-state index contributed by atoms with van der Waals surface area (Å²) >= 11 is 2.06. The Labute approximate surface area is 88.2 Å². The highest BCUT2D eigenvalue weighted by Gasteiger charge is 2.02. The van der Waals surface area contributed by atoms with Crippen molar-refractivity contribution in [1.82, 2.24) is 0 Å². The zero-order chi connectivity index (χ0) is 10.3. The lowest BCUT2D eigenvalue weighted by Crippen LogP contribution is -1.98. The number of thioether (sulfide) groups is 1. The first kappa shape index (κ1) is 13.1. The van der Waals surface area contributed by atoms with Crippen LogP contribution in [-0.4, -0.2) is 11.5 Å². The van der Waals surface area contributed by atoms with Crippen LogP contribution in [0.2, 0.25) is 0 Å². The van der Waals surface area contributed by atoms with Gasteiger partial charge >= 0.3 is 0 Å². The Morgan fingerprint density at radius 3 is 2.31 bits per heavy atom. The molecule has 0 aromatic rings. The maximum absolute atomic E-state index is 2.31. The molecule has 0 heterocycles. The zero-order valence-electron chi connectivity index (χ0n) is 9.76. The molecule has 0 amide bonds. The molecule has 0 aliphatic heterocycles. The van der Waals surface area contributed by atoms with Gasteiger partial charge < -0.3 is 0 Å². The normalized spacial score (nSPS) is 13.1. The van der Waals surface area contributed by atoms with Crippen molar-refractivity contribution in [3.63, 3.8) is 0 Å². The quantitative estimate of drug-likeness (QED) is 0.469. The molecular weight excluding hydrogens is 176 g/mol. The molecule has 0 unspecified atom stereocenters. The Balaban J connectivity index is 3.31. The molecule has 0 saturated carbocycles. The highest BCUT2D eigenvalue weighted by molar-refractivity contribution is 7.99. The van der Waals surface area contributed by atoms with Crippen molar-refractivity contribution in [2.24, 2.45) is 11.3 Å². The second kappa shape index (κ2) is 6.53. The van der Waals surface area contributed by atoms with Crippen molar-refractivity contribution in [2.45, 2.75) is 41.0 Å². The summed E-state index contributed by atoms with van der Waals surface area (Å²) in [5.74, 6) is 3.39. The molecule has 0 saturated heterocycles. The molecule has 0 radical (unpaired) electrons. The molecule has 0 aliphatic rings. The van der Waals surface area contributed by atoms with E-state index < -0.39 is 0 Å². The molecule has 0 N–H and O–H groups in total. The zero-order valence-corrected chi connectivity index (χ0v) is 10.6. The summed E-state index contributed by atoms with van der Waals surface area (Å²) in [6.45, 7) is 11.3. The number of hydrogen-bond donors (Lipinski definition) is 0. The average Bonchev–Trinajstić information content (AvgIpc) is 1.93. The van der Waals surface area contributed by atoms with Crippen LogP contribution in [0.4, 0.5) is 0 Å². The van der Waals surface area contributed by atoms with Crippen molar-refractivity contribution in [3.8, 4) is 0 Å². The van der Waals surface area contributed by atoms with E-state index in [-0.39, 0.29) is 0 Å². The van der Waals surface area contributed by atoms with Crippen molar-refractivity contribution >= 4 is 11.8 Å². The van der Waals surface area contributed by atoms with Crippen molar-refractivity contribution < 1.29 is 0 Å². The molecule has 0 spiro atoms. The molecule has 0 rings (SSSR count). The fourth-order valence-electron chi connectivity index (χ4n) is 0.907. The van der Waals surface area contributed by atoms with Gasteiger partial charge in [-0.05, 0) is 29.3 Å². The maximum Gasteiger partial charge on any atom is -0.00328 e. The highest BCUT2D eigenvalue weighted by atomic mass is 32.2. The molecule has 78 valence electrons. The Morgan fingerprint density at radius 2 is 1.85 bits per heavy atom. The van der Waals surface area contributed by atoms with E-state index in [1.807, 2.05) is 0 Å². The van der Waals surface area contributed by atoms with Gasteiger partial charge in [0.05, 0.1) is 0 Å². The lowest BCUT2D eigenvalue weighted by molar-refractivity contribution is 0.542. The predicted molar refractivity (Wildman–Crippen MR) is 65.4 cm³/mol. The summed E-state index contributed by atoms with van der Waals surface area (Å²) in [5.41, 5.74) is 0.350. The maximum atomic E-state index is 2.31. The number of allylic oxidation sites excluding steroid dienone is 2. The number of hydrogen-bond acceptors (Lipinski definition) is 1. The third-order valence-electron chi connectivity index (χ3n) is 1.50. The Bertz CT molecular complexity index is 140. The fraction of sp³-hybridized carbons (Fsp3) is 0.833. The van der Waals surface area contributed by atoms with Gasteiger partial charge in [0.1, 0.15) is 0 Å². The van der Waals surface area contributed by atoms with Gasteiger partial charge in [-0.2, -0.15) is 11.8 Å². The lowest BCUT2D eigenvalue weighted by Gasteiger charge is -2.10. The number of rotatable bonds is 5. The molecule has 0 nitrogen and oxygen atoms in total. The predicted octanol–water partition coefficient (Wildman–Crippen LogP) is 4.37. The summed E-state index contributed by atoms with van der Waals surface area (Å²) in [6, 6.07) is 0. The molecule has 0 aliphatic carbocycles. The van der Waals surface area contributed by atoms with Gasteiger partial charge in [-0.3, -0.25) is 0 Å². The van der Waals surface area contributed by atoms with E-state index in [4.69, 9.17) is 0 Å². The van der Waals surface area contributed by atoms with E-state index in [9.17, 15) is 0 Å². The summed E-state index contributed by atoms with van der Waals surface area (Å²) in [5, 5.41) is 0. The van der Waals surface area contributed by atoms with E-state index >= 15 is 0 Å². The summed E-state index contributed by atoms with van der Waals surface area (Å²) in [7, 11) is 0. The van der Waals surface area contributed by atoms with Crippen LogP contribution in [-0.2, 0) is 0 Å². The first-order chi connectivity index (χ1) is 5.92. The molecule has 13 heavy (non-hydrogen) atoms. The Morgan fingerprint density at radius 1 is 1.23 bits per heavy atom. The molecule has 0 fully saturated rings. The Kier molecular flexibility index (Phi) is 6.58. The van der Waals surface area contributed by atoms with Gasteiger partial charge in [0.2, 0.25) is 0 Å². The first-order valence-corrected chi connectivity index (χ1v) is 6.33. The van der Waals surface area contributed by atoms with Gasteiger partial charge in [-0.1, -0.05) is 46.8 Å². The van der Waals surface area contributed by atoms with Crippen LogP contribution in [0.1, 0.15) is 41.0 Å². The molecule has 0 aromatic carbocycles. The minimum Gasteiger partial charge on any atom is -0.161 e. The van der Waals surface area contributed by atoms with Crippen molar-refractivity contribution in [3.05, 3.63) is 12.2 Å². The largest absolute Gasteiger partial charge is 0.161 e. The second-order valence-corrected chi connectivity index (χ2v) is 6.18. The van der Waals surface area contributed by atoms with Crippen LogP contribution in [0.15, 0.2) is 12.2 Å². The molecule has 0 bridgehead atoms. The topological polar surface area (TPSA) is 0 Å². The lowest BCUT2D eigenvalue weighted by atomic mass is 9.96. The van der Waals surface area contributed by atoms with Gasteiger partial charge in [-0.15, -0.1) is 0 Å². The van der Waals surface area contributed by atoms with E-state index in [0.29, 0.717) is 5.41 Å². The third-order valence-corrected chi connectivity index (χ3v) is 2.92. The van der Waals surface area contributed by atoms with E-state index in [2.05, 4.69) is 58.5 Å². The van der Waals surface area contributed by atoms with Crippen molar-refractivity contribution in [2.75, 3.05) is 11.5 Å². The van der Waals surface area contributed by atoms with Crippen LogP contribution in [0, 0.1) is 11.3 Å². The van der Waals surface area contributed by atoms with Crippen molar-refractivity contribution in [1.29, 1.82) is 0 Å². The van der Waals surface area contributed by atoms with Crippen LogP contribution < -0.4 is 0 Å². The SMILES string of the molecule is CC(C)CSCC/C=C\C(C)(C)C. The van der Waals surface area contributed by atoms with E-state index in [1.54, 1.807) is 0 Å². The van der Waals surface area contributed by atoms with E-state index in [1.165, 1.54) is 17.9 Å². The fourth-order valence-corrected chi connectivity index (χ4v) is 1.85. The summed E-state index contributed by atoms with van der Waals surface area (Å²) in [4.78, 5) is 0. The monoisotopic (exact) mass is 200 g/mol. The highest BCUT2D eigenvalue weighted by Crippen LogP contribution is 2.15. The minimum atomic E-state index is 0.350. The molecule has 1 heteroatoms. The van der Waals surface area contributed by atoms with Gasteiger partial charge in [0, 0.05) is 0 Å². The summed E-state index contributed by atoms with van der Waals surface area (Å²) in [6.07, 6.45) is 5.84. The summed E-state index contributed by atoms with van der Waals surface area (Å²) < 4.78 is 0. The standard InChI is InChI=1S/C12H24S/c1-11(2)10-13-9-7-6-8-12(3,4)5/h6,8,11H,7,9-10H2,1-5H3/b8-6-. The van der Waals surface area contributed by atoms with Crippen LogP contribution in [0.5, 0.6) is 0 Å². The second-order valence-electron chi connectivity index (χ2n) is 5.03. The molecule has 0 aromatic heterocycles. The minimum absolute atomic E-state index is 0.350. The van der Waals surface area contributed by atoms with Gasteiger partial charge in [0.15, 0.2) is 0 Å². The van der Waals surface area contributed by atoms with Crippen LogP contribution in [0.25, 0.3) is 0 Å². The van der Waals surface area contributed by atoms with E-state index in [0.717, 1.165) is 5.92 Å². The van der Waals surface area contributed by atoms with Crippen LogP contribution in [0.3, 0.4) is 0 Å². The Hall–Kier alpha value is 0.0900. The molecule has 0 atom stereocenters. The third kappa shape index (κ3) is 12.1. The first-order valence-electron chi connectivity index (χ1n) is 5.17.